The Labute approximate surface area is 378 Å². The minimum absolute atomic E-state index is 0.0294. The van der Waals surface area contributed by atoms with E-state index >= 15 is 0 Å². The Bertz CT molecular complexity index is 2680. The summed E-state index contributed by atoms with van der Waals surface area (Å²) in [5, 5.41) is 28.5. The Hall–Kier alpha value is -4.81. The highest BCUT2D eigenvalue weighted by Gasteiger charge is 2.24. The summed E-state index contributed by atoms with van der Waals surface area (Å²) in [4.78, 5) is 26.7. The molecule has 5 N–H and O–H groups in total. The lowest BCUT2D eigenvalue weighted by Crippen LogP contribution is -2.14. The van der Waals surface area contributed by atoms with Crippen LogP contribution in [0, 0.1) is 0 Å². The molecule has 1 atom stereocenters. The lowest BCUT2D eigenvalue weighted by atomic mass is 9.96. The second-order valence-electron chi connectivity index (χ2n) is 12.0. The first-order valence-corrected chi connectivity index (χ1v) is 19.9. The Kier molecular flexibility index (Phi) is 16.5. The van der Waals surface area contributed by atoms with Crippen molar-refractivity contribution in [2.45, 2.75) is 6.04 Å². The van der Waals surface area contributed by atoms with Crippen LogP contribution in [0.2, 0.25) is 40.2 Å². The quantitative estimate of drug-likeness (QED) is 0.0978. The first kappa shape index (κ1) is 45.3. The van der Waals surface area contributed by atoms with E-state index in [-0.39, 0.29) is 16.5 Å². The van der Waals surface area contributed by atoms with Gasteiger partial charge >= 0.3 is 0 Å². The van der Waals surface area contributed by atoms with E-state index in [4.69, 9.17) is 98.5 Å². The zero-order valence-electron chi connectivity index (χ0n) is 30.0. The van der Waals surface area contributed by atoms with Crippen molar-refractivity contribution in [3.05, 3.63) is 185 Å². The van der Waals surface area contributed by atoms with E-state index in [2.05, 4.69) is 25.3 Å². The first-order chi connectivity index (χ1) is 28.2. The maximum Gasteiger partial charge on any atom is 0.151 e. The number of anilines is 2. The van der Waals surface area contributed by atoms with Crippen molar-refractivity contribution >= 4 is 133 Å². The number of carbonyl (C=O) groups is 1. The average molecular weight is 948 g/mol. The summed E-state index contributed by atoms with van der Waals surface area (Å²) in [6, 6.07) is 28.9. The smallest absolute Gasteiger partial charge is 0.151 e. The van der Waals surface area contributed by atoms with Crippen LogP contribution in [-0.4, -0.2) is 36.4 Å². The summed E-state index contributed by atoms with van der Waals surface area (Å²) in [5.41, 5.74) is 7.84. The van der Waals surface area contributed by atoms with Gasteiger partial charge in [-0.05, 0) is 66.7 Å². The summed E-state index contributed by atoms with van der Waals surface area (Å²) >= 11 is 47.3. The number of benzene rings is 4. The first-order valence-electron chi connectivity index (χ1n) is 16.8. The third-order valence-corrected chi connectivity index (χ3v) is 10.5. The Morgan fingerprint density at radius 3 is 1.76 bits per heavy atom. The third kappa shape index (κ3) is 12.4. The minimum Gasteiger partial charge on any atom is -0.506 e. The van der Waals surface area contributed by atoms with Crippen LogP contribution in [0.3, 0.4) is 0 Å². The fraction of sp³-hybridized carbons (Fsp3) is 0.0238. The number of phenols is 2. The highest BCUT2D eigenvalue weighted by Crippen LogP contribution is 2.41. The number of hydrogen-bond donors (Lipinski definition) is 4. The standard InChI is InChI=1S/C21H13Cl4N3O.C9H7NO.C7H3Cl3O.C5H5ClN2/c22-12-4-6-17(27-10-12)28-20(15-8-13(23)9-16(24)18(15)25)14-5-3-11-2-1-7-26-19(11)21(14)29;11-8-5-1-3-7-4-2-6-10-9(7)8;8-5-1-4(3-11)7(10)6(9)2-5;6-4-1-2-5(7)8-3-4/h1-10,20,29H,(H,27,28);1-6,11H;1-3H;1-3H,(H2,7,8). The average Bonchev–Trinajstić information content (AvgIpc) is 3.23. The van der Waals surface area contributed by atoms with Gasteiger partial charge in [-0.3, -0.25) is 14.8 Å². The van der Waals surface area contributed by atoms with Crippen molar-refractivity contribution in [2.24, 2.45) is 0 Å². The molecule has 4 aromatic carbocycles. The SMILES string of the molecule is Nc1ccc(Cl)cn1.O=Cc1cc(Cl)cc(Cl)c1Cl.Oc1c(C(Nc2ccc(Cl)cn2)c2cc(Cl)cc(Cl)c2Cl)ccc2cccnc12.Oc1cccc2cccnc12. The predicted octanol–water partition coefficient (Wildman–Crippen LogP) is 13.9. The van der Waals surface area contributed by atoms with Gasteiger partial charge in [0.25, 0.3) is 0 Å². The van der Waals surface area contributed by atoms with Gasteiger partial charge in [-0.15, -0.1) is 0 Å². The van der Waals surface area contributed by atoms with Gasteiger partial charge in [0.15, 0.2) is 6.29 Å². The molecule has 0 bridgehead atoms. The summed E-state index contributed by atoms with van der Waals surface area (Å²) in [6.45, 7) is 0. The highest BCUT2D eigenvalue weighted by atomic mass is 35.5. The normalized spacial score (nSPS) is 10.9. The van der Waals surface area contributed by atoms with Gasteiger partial charge in [-0.25, -0.2) is 9.97 Å². The molecule has 0 spiro atoms. The molecule has 8 aromatic rings. The zero-order valence-corrected chi connectivity index (χ0v) is 36.0. The second kappa shape index (κ2) is 21.4. The van der Waals surface area contributed by atoms with Crippen molar-refractivity contribution in [1.82, 2.24) is 19.9 Å². The van der Waals surface area contributed by atoms with Crippen molar-refractivity contribution < 1.29 is 15.0 Å². The Morgan fingerprint density at radius 1 is 0.576 bits per heavy atom. The van der Waals surface area contributed by atoms with Gasteiger partial charge in [0, 0.05) is 62.3 Å². The molecule has 0 amide bonds. The number of pyridine rings is 4. The molecule has 0 radical (unpaired) electrons. The van der Waals surface area contributed by atoms with E-state index < -0.39 is 6.04 Å². The van der Waals surface area contributed by atoms with Crippen LogP contribution < -0.4 is 11.1 Å². The summed E-state index contributed by atoms with van der Waals surface area (Å²) in [7, 11) is 0. The fourth-order valence-electron chi connectivity index (χ4n) is 5.23. The Balaban J connectivity index is 0.000000179. The van der Waals surface area contributed by atoms with Crippen LogP contribution in [0.15, 0.2) is 128 Å². The van der Waals surface area contributed by atoms with Crippen LogP contribution in [0.1, 0.15) is 27.5 Å². The highest BCUT2D eigenvalue weighted by molar-refractivity contribution is 6.45. The number of nitrogens with one attached hydrogen (secondary N) is 1. The molecule has 1 unspecified atom stereocenters. The van der Waals surface area contributed by atoms with E-state index in [9.17, 15) is 15.0 Å². The van der Waals surface area contributed by atoms with E-state index in [1.807, 2.05) is 36.4 Å². The van der Waals surface area contributed by atoms with Crippen molar-refractivity contribution in [1.29, 1.82) is 0 Å². The number of halogens is 8. The molecule has 0 saturated heterocycles. The summed E-state index contributed by atoms with van der Waals surface area (Å²) < 4.78 is 0. The van der Waals surface area contributed by atoms with Gasteiger partial charge in [0.2, 0.25) is 0 Å². The molecule has 0 saturated carbocycles. The molecule has 8 rings (SSSR count). The Morgan fingerprint density at radius 2 is 1.17 bits per heavy atom. The number of rotatable bonds is 5. The second-order valence-corrected chi connectivity index (χ2v) is 15.3. The van der Waals surface area contributed by atoms with Crippen LogP contribution >= 0.6 is 92.8 Å². The van der Waals surface area contributed by atoms with Gasteiger partial charge in [0.05, 0.1) is 36.2 Å². The van der Waals surface area contributed by atoms with Crippen LogP contribution in [0.4, 0.5) is 11.6 Å². The molecule has 9 nitrogen and oxygen atoms in total. The molecule has 0 aliphatic rings. The predicted molar refractivity (Wildman–Crippen MR) is 244 cm³/mol. The number of aldehydes is 1. The van der Waals surface area contributed by atoms with Crippen LogP contribution in [0.25, 0.3) is 21.8 Å². The number of nitrogen functional groups attached to an aromatic ring is 1. The third-order valence-electron chi connectivity index (χ3n) is 7.95. The number of para-hydroxylation sites is 1. The fourth-order valence-corrected chi connectivity index (χ4v) is 6.85. The van der Waals surface area contributed by atoms with Crippen molar-refractivity contribution in [2.75, 3.05) is 11.1 Å². The molecule has 0 fully saturated rings. The lowest BCUT2D eigenvalue weighted by Gasteiger charge is -2.23. The molecule has 4 heterocycles. The van der Waals surface area contributed by atoms with Crippen LogP contribution in [-0.2, 0) is 0 Å². The maximum absolute atomic E-state index is 11.0. The van der Waals surface area contributed by atoms with Gasteiger partial charge in [0.1, 0.15) is 34.2 Å². The van der Waals surface area contributed by atoms with E-state index in [0.717, 1.165) is 10.8 Å². The minimum atomic E-state index is -0.598. The van der Waals surface area contributed by atoms with E-state index in [1.165, 1.54) is 24.5 Å². The van der Waals surface area contributed by atoms with Gasteiger partial charge in [-0.1, -0.05) is 129 Å². The number of aromatic nitrogens is 4. The number of hydrogen-bond acceptors (Lipinski definition) is 9. The number of fused-ring (bicyclic) bond motifs is 2. The number of aromatic hydroxyl groups is 2. The van der Waals surface area contributed by atoms with Crippen LogP contribution in [0.5, 0.6) is 11.5 Å². The number of nitrogens with two attached hydrogens (primary N) is 1. The van der Waals surface area contributed by atoms with Crippen molar-refractivity contribution in [3.63, 3.8) is 0 Å². The molecular formula is C42H28Cl8N6O3. The molecule has 0 aliphatic heterocycles. The molecular weight excluding hydrogens is 920 g/mol. The lowest BCUT2D eigenvalue weighted by molar-refractivity contribution is 0.112. The van der Waals surface area contributed by atoms with Gasteiger partial charge < -0.3 is 21.3 Å². The summed E-state index contributed by atoms with van der Waals surface area (Å²) in [6.07, 6.45) is 6.94. The molecule has 17 heteroatoms. The molecule has 300 valence electrons. The number of phenolic OH excluding ortho intramolecular Hbond substituents is 2. The van der Waals surface area contributed by atoms with E-state index in [0.29, 0.717) is 80.8 Å². The summed E-state index contributed by atoms with van der Waals surface area (Å²) in [5.74, 6) is 1.30. The number of nitrogens with zero attached hydrogens (tertiary/aromatic N) is 4. The maximum atomic E-state index is 11.0. The topological polar surface area (TPSA) is 147 Å². The number of carbonyl (C=O) groups excluding carboxylic acids is 1. The molecule has 4 aromatic heterocycles. The molecule has 0 aliphatic carbocycles. The van der Waals surface area contributed by atoms with Crippen molar-refractivity contribution in [3.8, 4) is 11.5 Å². The zero-order chi connectivity index (χ0) is 42.6. The largest absolute Gasteiger partial charge is 0.506 e. The van der Waals surface area contributed by atoms with Gasteiger partial charge in [-0.2, -0.15) is 0 Å². The van der Waals surface area contributed by atoms with E-state index in [1.54, 1.807) is 67.0 Å². The monoisotopic (exact) mass is 944 g/mol. The molecule has 59 heavy (non-hydrogen) atoms.